The molecule has 1 fully saturated rings. The molecule has 27 heavy (non-hydrogen) atoms. The SMILES string of the molecule is Cl.Cl.Nc1ccc(CC(=O)Nc2ccc(NCC3CCCO3)c(F)c2)cc1. The van der Waals surface area contributed by atoms with Crippen LogP contribution in [0.15, 0.2) is 42.5 Å². The minimum atomic E-state index is -0.400. The molecule has 1 aliphatic heterocycles. The molecule has 8 heteroatoms. The molecule has 4 N–H and O–H groups in total. The number of nitrogens with two attached hydrogens (primary N) is 1. The monoisotopic (exact) mass is 415 g/mol. The summed E-state index contributed by atoms with van der Waals surface area (Å²) in [5.41, 5.74) is 7.96. The van der Waals surface area contributed by atoms with Gasteiger partial charge in [0.2, 0.25) is 5.91 Å². The van der Waals surface area contributed by atoms with Crippen LogP contribution in [-0.2, 0) is 16.0 Å². The van der Waals surface area contributed by atoms with E-state index in [1.165, 1.54) is 6.07 Å². The van der Waals surface area contributed by atoms with Crippen LogP contribution in [0.1, 0.15) is 18.4 Å². The van der Waals surface area contributed by atoms with Gasteiger partial charge in [-0.2, -0.15) is 0 Å². The molecule has 1 amide bonds. The molecule has 0 aromatic heterocycles. The van der Waals surface area contributed by atoms with Gasteiger partial charge in [-0.25, -0.2) is 4.39 Å². The van der Waals surface area contributed by atoms with E-state index in [9.17, 15) is 9.18 Å². The molecule has 2 aromatic rings. The van der Waals surface area contributed by atoms with E-state index in [4.69, 9.17) is 10.5 Å². The van der Waals surface area contributed by atoms with Crippen molar-refractivity contribution < 1.29 is 13.9 Å². The molecule has 0 radical (unpaired) electrons. The topological polar surface area (TPSA) is 76.4 Å². The average molecular weight is 416 g/mol. The van der Waals surface area contributed by atoms with Gasteiger partial charge in [0.05, 0.1) is 18.2 Å². The number of nitrogen functional groups attached to an aromatic ring is 1. The predicted octanol–water partition coefficient (Wildman–Crippen LogP) is 4.02. The maximum absolute atomic E-state index is 14.2. The van der Waals surface area contributed by atoms with E-state index in [1.807, 2.05) is 0 Å². The number of rotatable bonds is 6. The lowest BCUT2D eigenvalue weighted by Gasteiger charge is -2.13. The van der Waals surface area contributed by atoms with E-state index in [-0.39, 0.29) is 43.2 Å². The normalized spacial score (nSPS) is 15.4. The Bertz CT molecular complexity index is 738. The van der Waals surface area contributed by atoms with Crippen LogP contribution in [-0.4, -0.2) is 25.2 Å². The van der Waals surface area contributed by atoms with Crippen LogP contribution in [0.2, 0.25) is 0 Å². The summed E-state index contributed by atoms with van der Waals surface area (Å²) >= 11 is 0. The van der Waals surface area contributed by atoms with Gasteiger partial charge < -0.3 is 21.1 Å². The highest BCUT2D eigenvalue weighted by Crippen LogP contribution is 2.20. The Morgan fingerprint density at radius 2 is 1.93 bits per heavy atom. The number of ether oxygens (including phenoxy) is 1. The molecule has 5 nitrogen and oxygen atoms in total. The highest BCUT2D eigenvalue weighted by atomic mass is 35.5. The third-order valence-electron chi connectivity index (χ3n) is 4.14. The smallest absolute Gasteiger partial charge is 0.228 e. The second-order valence-corrected chi connectivity index (χ2v) is 6.18. The number of halogens is 3. The van der Waals surface area contributed by atoms with Gasteiger partial charge in [0.1, 0.15) is 5.82 Å². The van der Waals surface area contributed by atoms with E-state index in [1.54, 1.807) is 36.4 Å². The minimum absolute atomic E-state index is 0. The summed E-state index contributed by atoms with van der Waals surface area (Å²) in [6, 6.07) is 11.7. The number of anilines is 3. The van der Waals surface area contributed by atoms with Crippen LogP contribution in [0, 0.1) is 5.82 Å². The Labute approximate surface area is 170 Å². The van der Waals surface area contributed by atoms with Crippen LogP contribution < -0.4 is 16.4 Å². The standard InChI is InChI=1S/C19H22FN3O2.2ClH/c20-17-11-15(7-8-18(17)22-12-16-2-1-9-25-16)23-19(24)10-13-3-5-14(21)6-4-13;;/h3-8,11,16,22H,1-2,9-10,12,21H2,(H,23,24);2*1H. The third-order valence-corrected chi connectivity index (χ3v) is 4.14. The number of benzene rings is 2. The van der Waals surface area contributed by atoms with Crippen molar-refractivity contribution in [2.45, 2.75) is 25.4 Å². The first kappa shape index (κ1) is 23.0. The molecule has 0 spiro atoms. The molecular weight excluding hydrogens is 392 g/mol. The molecule has 148 valence electrons. The summed E-state index contributed by atoms with van der Waals surface area (Å²) in [6.07, 6.45) is 2.39. The summed E-state index contributed by atoms with van der Waals surface area (Å²) in [4.78, 5) is 12.1. The first-order chi connectivity index (χ1) is 12.1. The number of amides is 1. The highest BCUT2D eigenvalue weighted by molar-refractivity contribution is 5.92. The van der Waals surface area contributed by atoms with Crippen LogP contribution in [0.5, 0.6) is 0 Å². The molecule has 1 aliphatic rings. The van der Waals surface area contributed by atoms with Crippen LogP contribution in [0.25, 0.3) is 0 Å². The lowest BCUT2D eigenvalue weighted by Crippen LogP contribution is -2.19. The van der Waals surface area contributed by atoms with Crippen LogP contribution in [0.4, 0.5) is 21.5 Å². The Morgan fingerprint density at radius 3 is 2.56 bits per heavy atom. The summed E-state index contributed by atoms with van der Waals surface area (Å²) in [5.74, 6) is -0.604. The van der Waals surface area contributed by atoms with Gasteiger partial charge in [-0.1, -0.05) is 12.1 Å². The summed E-state index contributed by atoms with van der Waals surface area (Å²) < 4.78 is 19.7. The van der Waals surface area contributed by atoms with Crippen molar-refractivity contribution in [2.24, 2.45) is 0 Å². The Kier molecular flexibility index (Phi) is 9.35. The van der Waals surface area contributed by atoms with E-state index >= 15 is 0 Å². The first-order valence-electron chi connectivity index (χ1n) is 8.39. The lowest BCUT2D eigenvalue weighted by molar-refractivity contribution is -0.115. The Hall–Kier alpha value is -2.02. The van der Waals surface area contributed by atoms with E-state index in [2.05, 4.69) is 10.6 Å². The zero-order valence-corrected chi connectivity index (χ0v) is 16.4. The van der Waals surface area contributed by atoms with Gasteiger partial charge in [0.15, 0.2) is 0 Å². The molecule has 0 aliphatic carbocycles. The number of hydrogen-bond donors (Lipinski definition) is 3. The molecule has 1 unspecified atom stereocenters. The van der Waals surface area contributed by atoms with Gasteiger partial charge in [0, 0.05) is 24.5 Å². The fourth-order valence-electron chi connectivity index (χ4n) is 2.79. The zero-order chi connectivity index (χ0) is 17.6. The molecule has 1 heterocycles. The molecule has 2 aromatic carbocycles. The van der Waals surface area contributed by atoms with Crippen LogP contribution in [0.3, 0.4) is 0 Å². The van der Waals surface area contributed by atoms with Crippen LogP contribution >= 0.6 is 24.8 Å². The number of carbonyl (C=O) groups excluding carboxylic acids is 1. The molecule has 0 saturated carbocycles. The van der Waals surface area contributed by atoms with Crippen molar-refractivity contribution in [3.05, 3.63) is 53.8 Å². The highest BCUT2D eigenvalue weighted by Gasteiger charge is 2.15. The number of carbonyl (C=O) groups is 1. The van der Waals surface area contributed by atoms with Crippen molar-refractivity contribution >= 4 is 47.8 Å². The fraction of sp³-hybridized carbons (Fsp3) is 0.316. The van der Waals surface area contributed by atoms with Crippen molar-refractivity contribution in [3.63, 3.8) is 0 Å². The molecular formula is C19H24Cl2FN3O2. The predicted molar refractivity (Wildman–Crippen MR) is 112 cm³/mol. The Morgan fingerprint density at radius 1 is 1.19 bits per heavy atom. The summed E-state index contributed by atoms with van der Waals surface area (Å²) in [5, 5.41) is 5.76. The van der Waals surface area contributed by atoms with Crippen molar-refractivity contribution in [2.75, 3.05) is 29.5 Å². The number of hydrogen-bond acceptors (Lipinski definition) is 4. The second kappa shape index (κ2) is 11.0. The average Bonchev–Trinajstić information content (AvgIpc) is 3.10. The van der Waals surface area contributed by atoms with Gasteiger partial charge in [-0.15, -0.1) is 24.8 Å². The van der Waals surface area contributed by atoms with Gasteiger partial charge >= 0.3 is 0 Å². The summed E-state index contributed by atoms with van der Waals surface area (Å²) in [7, 11) is 0. The van der Waals surface area contributed by atoms with Crippen molar-refractivity contribution in [1.82, 2.24) is 0 Å². The molecule has 3 rings (SSSR count). The maximum Gasteiger partial charge on any atom is 0.228 e. The maximum atomic E-state index is 14.2. The zero-order valence-electron chi connectivity index (χ0n) is 14.7. The fourth-order valence-corrected chi connectivity index (χ4v) is 2.79. The minimum Gasteiger partial charge on any atom is -0.399 e. The Balaban J connectivity index is 0.00000182. The van der Waals surface area contributed by atoms with Gasteiger partial charge in [0.25, 0.3) is 0 Å². The molecule has 0 bridgehead atoms. The van der Waals surface area contributed by atoms with Crippen molar-refractivity contribution in [3.8, 4) is 0 Å². The van der Waals surface area contributed by atoms with Crippen molar-refractivity contribution in [1.29, 1.82) is 0 Å². The van der Waals surface area contributed by atoms with E-state index < -0.39 is 5.82 Å². The number of nitrogens with one attached hydrogen (secondary N) is 2. The quantitative estimate of drug-likeness (QED) is 0.622. The lowest BCUT2D eigenvalue weighted by atomic mass is 10.1. The van der Waals surface area contributed by atoms with E-state index in [0.29, 0.717) is 23.6 Å². The first-order valence-corrected chi connectivity index (χ1v) is 8.39. The van der Waals surface area contributed by atoms with E-state index in [0.717, 1.165) is 25.0 Å². The molecule has 1 atom stereocenters. The third kappa shape index (κ3) is 6.90. The molecule has 1 saturated heterocycles. The largest absolute Gasteiger partial charge is 0.399 e. The van der Waals surface area contributed by atoms with Gasteiger partial charge in [-0.05, 0) is 48.7 Å². The second-order valence-electron chi connectivity index (χ2n) is 6.18. The van der Waals surface area contributed by atoms with Gasteiger partial charge in [-0.3, -0.25) is 4.79 Å². The summed E-state index contributed by atoms with van der Waals surface area (Å²) in [6.45, 7) is 1.35.